The van der Waals surface area contributed by atoms with Crippen molar-refractivity contribution in [2.45, 2.75) is 44.7 Å². The summed E-state index contributed by atoms with van der Waals surface area (Å²) in [5, 5.41) is 14.2. The van der Waals surface area contributed by atoms with Gasteiger partial charge in [-0.1, -0.05) is 18.2 Å². The number of benzene rings is 1. The molecule has 3 N–H and O–H groups in total. The Labute approximate surface area is 118 Å². The van der Waals surface area contributed by atoms with Crippen LogP contribution >= 0.6 is 0 Å². The highest BCUT2D eigenvalue weighted by Gasteiger charge is 2.23. The lowest BCUT2D eigenvalue weighted by Gasteiger charge is -2.29. The molecule has 1 aliphatic rings. The molecule has 20 heavy (non-hydrogen) atoms. The van der Waals surface area contributed by atoms with Crippen LogP contribution in [0.1, 0.15) is 41.6 Å². The van der Waals surface area contributed by atoms with E-state index in [4.69, 9.17) is 5.11 Å². The van der Waals surface area contributed by atoms with Crippen molar-refractivity contribution in [2.75, 3.05) is 0 Å². The highest BCUT2D eigenvalue weighted by Crippen LogP contribution is 2.19. The molecular weight excluding hydrogens is 256 g/mol. The van der Waals surface area contributed by atoms with Crippen LogP contribution in [-0.2, 0) is 0 Å². The van der Waals surface area contributed by atoms with Crippen LogP contribution in [0.2, 0.25) is 0 Å². The molecule has 0 saturated heterocycles. The Kier molecular flexibility index (Phi) is 4.61. The highest BCUT2D eigenvalue weighted by atomic mass is 16.4. The van der Waals surface area contributed by atoms with E-state index in [1.165, 1.54) is 0 Å². The summed E-state index contributed by atoms with van der Waals surface area (Å²) in [6, 6.07) is 7.66. The maximum Gasteiger partial charge on any atom is 0.404 e. The standard InChI is InChI=1S/C15H20N2O3/c1-10-4-2-3-5-13(10)14(18)16-11-6-8-12(9-7-11)17-15(19)20/h2-5,11-12,17H,6-9H2,1H3,(H,16,18)(H,19,20)/t11-,12-. The quantitative estimate of drug-likeness (QED) is 0.792. The number of aryl methyl sites for hydroxylation is 1. The van der Waals surface area contributed by atoms with Crippen LogP contribution in [0.3, 0.4) is 0 Å². The minimum Gasteiger partial charge on any atom is -0.465 e. The Morgan fingerprint density at radius 2 is 1.60 bits per heavy atom. The summed E-state index contributed by atoms with van der Waals surface area (Å²) in [6.45, 7) is 1.92. The van der Waals surface area contributed by atoms with E-state index >= 15 is 0 Å². The van der Waals surface area contributed by atoms with Gasteiger partial charge in [0.25, 0.3) is 5.91 Å². The average Bonchev–Trinajstić information content (AvgIpc) is 2.41. The number of amides is 2. The molecule has 1 saturated carbocycles. The molecule has 0 unspecified atom stereocenters. The number of carbonyl (C=O) groups is 2. The van der Waals surface area contributed by atoms with Gasteiger partial charge >= 0.3 is 6.09 Å². The first kappa shape index (κ1) is 14.4. The molecule has 1 aliphatic carbocycles. The van der Waals surface area contributed by atoms with Gasteiger partial charge in [0.1, 0.15) is 0 Å². The van der Waals surface area contributed by atoms with E-state index in [0.717, 1.165) is 31.2 Å². The molecule has 0 bridgehead atoms. The van der Waals surface area contributed by atoms with Crippen LogP contribution in [0, 0.1) is 6.92 Å². The Balaban J connectivity index is 1.85. The van der Waals surface area contributed by atoms with Gasteiger partial charge in [-0.05, 0) is 44.2 Å². The minimum absolute atomic E-state index is 0.0131. The van der Waals surface area contributed by atoms with E-state index in [1.54, 1.807) is 0 Å². The lowest BCUT2D eigenvalue weighted by Crippen LogP contribution is -2.43. The van der Waals surface area contributed by atoms with E-state index in [9.17, 15) is 9.59 Å². The molecule has 2 rings (SSSR count). The van der Waals surface area contributed by atoms with Gasteiger partial charge in [-0.3, -0.25) is 4.79 Å². The SMILES string of the molecule is Cc1ccccc1C(=O)N[C@H]1CC[C@H](NC(=O)O)CC1. The van der Waals surface area contributed by atoms with Crippen molar-refractivity contribution in [2.24, 2.45) is 0 Å². The summed E-state index contributed by atoms with van der Waals surface area (Å²) in [6.07, 6.45) is 2.18. The van der Waals surface area contributed by atoms with Crippen LogP contribution in [0.4, 0.5) is 4.79 Å². The normalized spacial score (nSPS) is 22.1. The fourth-order valence-corrected chi connectivity index (χ4v) is 2.65. The van der Waals surface area contributed by atoms with Crippen LogP contribution in [0.25, 0.3) is 0 Å². The van der Waals surface area contributed by atoms with Crippen molar-refractivity contribution in [3.05, 3.63) is 35.4 Å². The van der Waals surface area contributed by atoms with Crippen molar-refractivity contribution < 1.29 is 14.7 Å². The van der Waals surface area contributed by atoms with Gasteiger partial charge in [-0.25, -0.2) is 4.79 Å². The smallest absolute Gasteiger partial charge is 0.404 e. The molecule has 1 fully saturated rings. The molecule has 0 aliphatic heterocycles. The summed E-state index contributed by atoms with van der Waals surface area (Å²) >= 11 is 0. The Hall–Kier alpha value is -2.04. The first-order chi connectivity index (χ1) is 9.56. The largest absolute Gasteiger partial charge is 0.465 e. The van der Waals surface area contributed by atoms with Gasteiger partial charge in [-0.15, -0.1) is 0 Å². The number of hydrogen-bond donors (Lipinski definition) is 3. The molecule has 0 atom stereocenters. The number of nitrogens with one attached hydrogen (secondary N) is 2. The van der Waals surface area contributed by atoms with Crippen LogP contribution in [0.5, 0.6) is 0 Å². The first-order valence-corrected chi connectivity index (χ1v) is 6.92. The molecule has 1 aromatic carbocycles. The summed E-state index contributed by atoms with van der Waals surface area (Å²) in [5.74, 6) is -0.0438. The van der Waals surface area contributed by atoms with Crippen LogP contribution in [-0.4, -0.2) is 29.2 Å². The van der Waals surface area contributed by atoms with Crippen molar-refractivity contribution >= 4 is 12.0 Å². The van der Waals surface area contributed by atoms with Gasteiger partial charge in [0, 0.05) is 17.6 Å². The number of carboxylic acid groups (broad SMARTS) is 1. The maximum atomic E-state index is 12.2. The monoisotopic (exact) mass is 276 g/mol. The van der Waals surface area contributed by atoms with Crippen molar-refractivity contribution in [3.63, 3.8) is 0 Å². The predicted molar refractivity (Wildman–Crippen MR) is 75.8 cm³/mol. The average molecular weight is 276 g/mol. The zero-order valence-electron chi connectivity index (χ0n) is 11.6. The molecule has 0 spiro atoms. The molecule has 108 valence electrons. The van der Waals surface area contributed by atoms with Crippen molar-refractivity contribution in [1.29, 1.82) is 0 Å². The lowest BCUT2D eigenvalue weighted by molar-refractivity contribution is 0.0922. The fraction of sp³-hybridized carbons (Fsp3) is 0.467. The Bertz CT molecular complexity index is 494. The summed E-state index contributed by atoms with van der Waals surface area (Å²) in [5.41, 5.74) is 1.67. The summed E-state index contributed by atoms with van der Waals surface area (Å²) in [7, 11) is 0. The second kappa shape index (κ2) is 6.41. The molecule has 2 amide bonds. The molecule has 0 aromatic heterocycles. The van der Waals surface area contributed by atoms with Gasteiger partial charge in [0.05, 0.1) is 0 Å². The number of carbonyl (C=O) groups excluding carboxylic acids is 1. The van der Waals surface area contributed by atoms with E-state index in [1.807, 2.05) is 31.2 Å². The van der Waals surface area contributed by atoms with E-state index < -0.39 is 6.09 Å². The number of rotatable bonds is 3. The van der Waals surface area contributed by atoms with Gasteiger partial charge in [-0.2, -0.15) is 0 Å². The third-order valence-electron chi connectivity index (χ3n) is 3.78. The second-order valence-corrected chi connectivity index (χ2v) is 5.29. The fourth-order valence-electron chi connectivity index (χ4n) is 2.65. The lowest BCUT2D eigenvalue weighted by atomic mass is 9.91. The van der Waals surface area contributed by atoms with Gasteiger partial charge in [0.2, 0.25) is 0 Å². The number of hydrogen-bond acceptors (Lipinski definition) is 2. The first-order valence-electron chi connectivity index (χ1n) is 6.92. The third kappa shape index (κ3) is 3.73. The van der Waals surface area contributed by atoms with E-state index in [-0.39, 0.29) is 18.0 Å². The van der Waals surface area contributed by atoms with Crippen LogP contribution in [0.15, 0.2) is 24.3 Å². The molecule has 5 nitrogen and oxygen atoms in total. The molecule has 0 radical (unpaired) electrons. The molecular formula is C15H20N2O3. The molecule has 5 heteroatoms. The predicted octanol–water partition coefficient (Wildman–Crippen LogP) is 2.30. The van der Waals surface area contributed by atoms with E-state index in [2.05, 4.69) is 10.6 Å². The Morgan fingerprint density at radius 1 is 1.05 bits per heavy atom. The highest BCUT2D eigenvalue weighted by molar-refractivity contribution is 5.95. The van der Waals surface area contributed by atoms with Crippen molar-refractivity contribution in [3.8, 4) is 0 Å². The zero-order chi connectivity index (χ0) is 14.5. The van der Waals surface area contributed by atoms with Gasteiger partial charge in [0.15, 0.2) is 0 Å². The Morgan fingerprint density at radius 3 is 2.15 bits per heavy atom. The van der Waals surface area contributed by atoms with E-state index in [0.29, 0.717) is 5.56 Å². The summed E-state index contributed by atoms with van der Waals surface area (Å²) in [4.78, 5) is 22.7. The maximum absolute atomic E-state index is 12.2. The molecule has 1 aromatic rings. The second-order valence-electron chi connectivity index (χ2n) is 5.29. The minimum atomic E-state index is -0.975. The van der Waals surface area contributed by atoms with Gasteiger partial charge < -0.3 is 15.7 Å². The van der Waals surface area contributed by atoms with Crippen molar-refractivity contribution in [1.82, 2.24) is 10.6 Å². The zero-order valence-corrected chi connectivity index (χ0v) is 11.6. The van der Waals surface area contributed by atoms with Crippen LogP contribution < -0.4 is 10.6 Å². The topological polar surface area (TPSA) is 78.4 Å². The summed E-state index contributed by atoms with van der Waals surface area (Å²) < 4.78 is 0. The third-order valence-corrected chi connectivity index (χ3v) is 3.78. The molecule has 0 heterocycles.